The standard InChI is InChI=1S/C26H24F3N7O2S/c1-13-19(4-14(7-30-13)22-33-34-23(39-22)16-6-18(16)27)32-21(37)17-8-31-36-3-2-15(5-20(17)36)35-11-25(12-35)9-26(38,10-25)24(28)29/h2-5,7-8,16,18,24,38H,6,9-12H2,1H3,(H,32,37)/t16-,18-/m0/s1. The van der Waals surface area contributed by atoms with E-state index in [0.29, 0.717) is 57.6 Å². The highest BCUT2D eigenvalue weighted by atomic mass is 32.1. The second kappa shape index (κ2) is 8.46. The second-order valence-corrected chi connectivity index (χ2v) is 12.0. The van der Waals surface area contributed by atoms with Crippen LogP contribution in [0.4, 0.5) is 24.5 Å². The molecule has 3 fully saturated rings. The highest BCUT2D eigenvalue weighted by Crippen LogP contribution is 2.57. The predicted molar refractivity (Wildman–Crippen MR) is 138 cm³/mol. The first kappa shape index (κ1) is 24.5. The van der Waals surface area contributed by atoms with Gasteiger partial charge in [0, 0.05) is 48.1 Å². The van der Waals surface area contributed by atoms with E-state index in [9.17, 15) is 23.1 Å². The van der Waals surface area contributed by atoms with Crippen LogP contribution in [0, 0.1) is 12.3 Å². The van der Waals surface area contributed by atoms with Crippen molar-refractivity contribution in [3.8, 4) is 10.6 Å². The third-order valence-electron chi connectivity index (χ3n) is 7.99. The zero-order chi connectivity index (χ0) is 27.1. The minimum absolute atomic E-state index is 0.0958. The number of aromatic nitrogens is 5. The number of anilines is 2. The number of rotatable bonds is 6. The summed E-state index contributed by atoms with van der Waals surface area (Å²) >= 11 is 1.33. The third kappa shape index (κ3) is 4.06. The fraction of sp³-hybridized carbons (Fsp3) is 0.423. The molecule has 2 atom stereocenters. The lowest BCUT2D eigenvalue weighted by Gasteiger charge is -2.62. The largest absolute Gasteiger partial charge is 0.384 e. The Morgan fingerprint density at radius 3 is 2.72 bits per heavy atom. The zero-order valence-electron chi connectivity index (χ0n) is 20.8. The molecule has 2 N–H and O–H groups in total. The maximum atomic E-state index is 13.4. The first-order valence-electron chi connectivity index (χ1n) is 12.6. The molecule has 202 valence electrons. The molecular formula is C26H24F3N7O2S. The van der Waals surface area contributed by atoms with Crippen LogP contribution in [0.25, 0.3) is 16.1 Å². The van der Waals surface area contributed by atoms with Crippen molar-refractivity contribution in [3.63, 3.8) is 0 Å². The van der Waals surface area contributed by atoms with E-state index in [-0.39, 0.29) is 30.1 Å². The number of alkyl halides is 3. The van der Waals surface area contributed by atoms with Gasteiger partial charge in [-0.15, -0.1) is 10.2 Å². The smallest absolute Gasteiger partial charge is 0.266 e. The molecule has 7 rings (SSSR count). The molecule has 1 spiro atoms. The lowest BCUT2D eigenvalue weighted by molar-refractivity contribution is -0.209. The highest BCUT2D eigenvalue weighted by Gasteiger charge is 2.63. The highest BCUT2D eigenvalue weighted by molar-refractivity contribution is 7.14. The molecule has 1 aliphatic heterocycles. The summed E-state index contributed by atoms with van der Waals surface area (Å²) in [4.78, 5) is 19.8. The van der Waals surface area contributed by atoms with Gasteiger partial charge in [0.05, 0.1) is 28.7 Å². The number of carbonyl (C=O) groups excluding carboxylic acids is 1. The van der Waals surface area contributed by atoms with Gasteiger partial charge in [0.15, 0.2) is 0 Å². The fourth-order valence-corrected chi connectivity index (χ4v) is 6.79. The third-order valence-corrected chi connectivity index (χ3v) is 9.09. The molecule has 39 heavy (non-hydrogen) atoms. The monoisotopic (exact) mass is 555 g/mol. The van der Waals surface area contributed by atoms with Crippen LogP contribution in [0.15, 0.2) is 36.8 Å². The van der Waals surface area contributed by atoms with Gasteiger partial charge < -0.3 is 15.3 Å². The number of pyridine rings is 2. The SMILES string of the molecule is Cc1ncc(-c2nnc([C@H]3C[C@@H]3F)s2)cc1NC(=O)c1cnn2ccc(N3CC4(C3)CC(O)(C(F)F)C4)cc12. The number of hydrogen-bond donors (Lipinski definition) is 2. The van der Waals surface area contributed by atoms with Gasteiger partial charge in [-0.05, 0) is 44.4 Å². The van der Waals surface area contributed by atoms with Crippen LogP contribution in [-0.2, 0) is 0 Å². The van der Waals surface area contributed by atoms with E-state index in [1.165, 1.54) is 17.5 Å². The van der Waals surface area contributed by atoms with Gasteiger partial charge in [-0.1, -0.05) is 11.3 Å². The van der Waals surface area contributed by atoms with E-state index in [0.717, 1.165) is 5.69 Å². The number of hydrogen-bond acceptors (Lipinski definition) is 8. The Hall–Kier alpha value is -3.58. The Morgan fingerprint density at radius 2 is 2.00 bits per heavy atom. The number of aliphatic hydroxyl groups is 1. The minimum atomic E-state index is -2.73. The molecule has 9 nitrogen and oxygen atoms in total. The van der Waals surface area contributed by atoms with E-state index in [4.69, 9.17) is 0 Å². The lowest BCUT2D eigenvalue weighted by Crippen LogP contribution is -2.70. The van der Waals surface area contributed by atoms with Gasteiger partial charge in [0.25, 0.3) is 12.3 Å². The Morgan fingerprint density at radius 1 is 1.23 bits per heavy atom. The van der Waals surface area contributed by atoms with Crippen molar-refractivity contribution in [2.45, 2.75) is 50.3 Å². The number of nitrogens with one attached hydrogen (secondary N) is 1. The quantitative estimate of drug-likeness (QED) is 0.367. The molecular weight excluding hydrogens is 531 g/mol. The average molecular weight is 556 g/mol. The van der Waals surface area contributed by atoms with E-state index in [1.807, 2.05) is 12.1 Å². The summed E-state index contributed by atoms with van der Waals surface area (Å²) < 4.78 is 41.1. The van der Waals surface area contributed by atoms with Crippen LogP contribution >= 0.6 is 11.3 Å². The van der Waals surface area contributed by atoms with Gasteiger partial charge in [-0.25, -0.2) is 17.7 Å². The van der Waals surface area contributed by atoms with Crippen LogP contribution in [0.2, 0.25) is 0 Å². The number of amides is 1. The van der Waals surface area contributed by atoms with Crippen molar-refractivity contribution in [2.75, 3.05) is 23.3 Å². The summed E-state index contributed by atoms with van der Waals surface area (Å²) in [6.45, 7) is 2.93. The summed E-state index contributed by atoms with van der Waals surface area (Å²) in [5.41, 5.74) is 1.48. The minimum Gasteiger partial charge on any atom is -0.384 e. The fourth-order valence-electron chi connectivity index (χ4n) is 5.80. The van der Waals surface area contributed by atoms with Gasteiger partial charge in [0.2, 0.25) is 0 Å². The molecule has 1 amide bonds. The molecule has 0 unspecified atom stereocenters. The summed E-state index contributed by atoms with van der Waals surface area (Å²) in [5, 5.41) is 26.8. The summed E-state index contributed by atoms with van der Waals surface area (Å²) in [5.74, 6) is -0.535. The number of aryl methyl sites for hydroxylation is 1. The Kier molecular flexibility index (Phi) is 5.30. The normalized spacial score (nSPS) is 22.7. The van der Waals surface area contributed by atoms with Gasteiger partial charge in [-0.3, -0.25) is 9.78 Å². The van der Waals surface area contributed by atoms with Crippen LogP contribution < -0.4 is 10.2 Å². The molecule has 5 heterocycles. The van der Waals surface area contributed by atoms with E-state index in [2.05, 4.69) is 30.5 Å². The lowest BCUT2D eigenvalue weighted by atomic mass is 9.55. The first-order valence-corrected chi connectivity index (χ1v) is 13.4. The van der Waals surface area contributed by atoms with Crippen molar-refractivity contribution in [3.05, 3.63) is 53.1 Å². The number of nitrogens with zero attached hydrogens (tertiary/aromatic N) is 6. The van der Waals surface area contributed by atoms with Crippen molar-refractivity contribution < 1.29 is 23.1 Å². The molecule has 1 saturated heterocycles. The summed E-state index contributed by atoms with van der Waals surface area (Å²) in [6, 6.07) is 5.50. The van der Waals surface area contributed by atoms with Crippen molar-refractivity contribution >= 4 is 34.1 Å². The molecule has 13 heteroatoms. The summed E-state index contributed by atoms with van der Waals surface area (Å²) in [6.07, 6.45) is 1.98. The predicted octanol–water partition coefficient (Wildman–Crippen LogP) is 4.23. The molecule has 3 aliphatic rings. The van der Waals surface area contributed by atoms with Crippen molar-refractivity contribution in [2.24, 2.45) is 5.41 Å². The summed E-state index contributed by atoms with van der Waals surface area (Å²) in [7, 11) is 0. The molecule has 2 aliphatic carbocycles. The van der Waals surface area contributed by atoms with Crippen LogP contribution in [0.3, 0.4) is 0 Å². The number of halogens is 3. The number of fused-ring (bicyclic) bond motifs is 1. The Labute approximate surface area is 224 Å². The van der Waals surface area contributed by atoms with E-state index in [1.54, 1.807) is 29.9 Å². The van der Waals surface area contributed by atoms with Gasteiger partial charge in [0.1, 0.15) is 21.8 Å². The first-order chi connectivity index (χ1) is 18.6. The van der Waals surface area contributed by atoms with Crippen molar-refractivity contribution in [1.82, 2.24) is 24.8 Å². The average Bonchev–Trinajstić information content (AvgIpc) is 3.25. The second-order valence-electron chi connectivity index (χ2n) is 11.0. The molecule has 4 aromatic rings. The zero-order valence-corrected chi connectivity index (χ0v) is 21.6. The molecule has 2 saturated carbocycles. The van der Waals surface area contributed by atoms with E-state index < -0.39 is 18.2 Å². The molecule has 0 aromatic carbocycles. The Bertz CT molecular complexity index is 1610. The Balaban J connectivity index is 1.08. The van der Waals surface area contributed by atoms with Crippen LogP contribution in [0.1, 0.15) is 46.2 Å². The maximum absolute atomic E-state index is 13.4. The maximum Gasteiger partial charge on any atom is 0.266 e. The van der Waals surface area contributed by atoms with Crippen molar-refractivity contribution in [1.29, 1.82) is 0 Å². The van der Waals surface area contributed by atoms with Gasteiger partial charge >= 0.3 is 0 Å². The van der Waals surface area contributed by atoms with Crippen LogP contribution in [0.5, 0.6) is 0 Å². The molecule has 0 radical (unpaired) electrons. The molecule has 0 bridgehead atoms. The topological polar surface area (TPSA) is 109 Å². The number of carbonyl (C=O) groups is 1. The van der Waals surface area contributed by atoms with Crippen LogP contribution in [-0.4, -0.2) is 67.1 Å². The van der Waals surface area contributed by atoms with E-state index >= 15 is 0 Å². The van der Waals surface area contributed by atoms with Gasteiger partial charge in [-0.2, -0.15) is 5.10 Å². The molecule has 4 aromatic heterocycles.